The summed E-state index contributed by atoms with van der Waals surface area (Å²) < 4.78 is 5.77. The Morgan fingerprint density at radius 3 is 2.42 bits per heavy atom. The summed E-state index contributed by atoms with van der Waals surface area (Å²) in [4.78, 5) is 10.5. The number of benzene rings is 1. The molecule has 2 aromatic rings. The van der Waals surface area contributed by atoms with Crippen LogP contribution in [-0.2, 0) is 4.79 Å². The number of Topliss-reactive ketones (excluding diaryl/α,β-unsaturated/α-hetero) is 1. The molecule has 24 heavy (non-hydrogen) atoms. The molecule has 3 nitrogen and oxygen atoms in total. The third kappa shape index (κ3) is 5.67. The number of nitrogens with one attached hydrogen (secondary N) is 1. The molecule has 0 aliphatic rings. The van der Waals surface area contributed by atoms with Crippen molar-refractivity contribution in [3.63, 3.8) is 0 Å². The number of rotatable bonds is 6. The molecule has 2 rings (SSSR count). The van der Waals surface area contributed by atoms with Gasteiger partial charge in [0.2, 0.25) is 0 Å². The van der Waals surface area contributed by atoms with Gasteiger partial charge in [0.1, 0.15) is 17.3 Å². The fourth-order valence-electron chi connectivity index (χ4n) is 2.30. The van der Waals surface area contributed by atoms with Gasteiger partial charge in [-0.15, -0.1) is 0 Å². The topological polar surface area (TPSA) is 42.2 Å². The van der Waals surface area contributed by atoms with E-state index in [1.54, 1.807) is 14.0 Å². The van der Waals surface area contributed by atoms with Crippen LogP contribution in [0.3, 0.4) is 0 Å². The average Bonchev–Trinajstić information content (AvgIpc) is 3.00. The maximum Gasteiger partial charge on any atom is 0.146 e. The molecule has 1 N–H and O–H groups in total. The summed E-state index contributed by atoms with van der Waals surface area (Å²) in [6.45, 7) is 9.35. The molecule has 0 saturated heterocycles. The molecule has 0 aliphatic carbocycles. The molecular formula is C21H27NO2. The zero-order valence-corrected chi connectivity index (χ0v) is 15.0. The predicted molar refractivity (Wildman–Crippen MR) is 103 cm³/mol. The lowest BCUT2D eigenvalue weighted by molar-refractivity contribution is -0.118. The molecular weight excluding hydrogens is 298 g/mol. The van der Waals surface area contributed by atoms with Gasteiger partial charge in [-0.3, -0.25) is 4.79 Å². The standard InChI is InChI=1S/C15H14O.C6H13NO/c1-3-8-14-12(4-2)11-15(16-14)13-9-6-5-7-10-13;1-4-6(7-3)5(2)8/h3-11H,2H2,1H3;6-7H,4H2,1-3H3/b8-3-;/t;6-/m.0/s1. The Balaban J connectivity index is 0.000000307. The first kappa shape index (κ1) is 19.7. The Labute approximate surface area is 145 Å². The smallest absolute Gasteiger partial charge is 0.146 e. The number of carbonyl (C=O) groups excluding carboxylic acids is 1. The van der Waals surface area contributed by atoms with Gasteiger partial charge in [0.25, 0.3) is 0 Å². The molecule has 1 heterocycles. The normalized spacial score (nSPS) is 11.7. The van der Waals surface area contributed by atoms with Gasteiger partial charge in [0.05, 0.1) is 6.04 Å². The average molecular weight is 325 g/mol. The zero-order chi connectivity index (χ0) is 17.9. The lowest BCUT2D eigenvalue weighted by Crippen LogP contribution is -2.31. The number of likely N-dealkylation sites (N-methyl/N-ethyl adjacent to an activating group) is 1. The van der Waals surface area contributed by atoms with Crippen LogP contribution >= 0.6 is 0 Å². The van der Waals surface area contributed by atoms with Crippen LogP contribution in [0.4, 0.5) is 0 Å². The van der Waals surface area contributed by atoms with Crippen LogP contribution in [0.15, 0.2) is 53.5 Å². The molecule has 3 heteroatoms. The molecule has 0 aliphatic heterocycles. The highest BCUT2D eigenvalue weighted by atomic mass is 16.3. The Hall–Kier alpha value is -2.39. The molecule has 128 valence electrons. The summed E-state index contributed by atoms with van der Waals surface area (Å²) in [5.41, 5.74) is 2.11. The third-order valence-corrected chi connectivity index (χ3v) is 3.63. The molecule has 0 saturated carbocycles. The fourth-order valence-corrected chi connectivity index (χ4v) is 2.30. The predicted octanol–water partition coefficient (Wildman–Crippen LogP) is 5.20. The van der Waals surface area contributed by atoms with E-state index in [4.69, 9.17) is 4.42 Å². The second kappa shape index (κ2) is 10.4. The molecule has 0 fully saturated rings. The van der Waals surface area contributed by atoms with Gasteiger partial charge < -0.3 is 9.73 Å². The highest BCUT2D eigenvalue weighted by Gasteiger charge is 2.07. The van der Waals surface area contributed by atoms with E-state index in [1.807, 2.05) is 68.5 Å². The number of furan rings is 1. The monoisotopic (exact) mass is 325 g/mol. The Bertz CT molecular complexity index is 664. The van der Waals surface area contributed by atoms with Crippen molar-refractivity contribution in [2.75, 3.05) is 7.05 Å². The van der Waals surface area contributed by atoms with Gasteiger partial charge in [0.15, 0.2) is 0 Å². The third-order valence-electron chi connectivity index (χ3n) is 3.63. The summed E-state index contributed by atoms with van der Waals surface area (Å²) in [6.07, 6.45) is 6.60. The molecule has 0 unspecified atom stereocenters. The van der Waals surface area contributed by atoms with Crippen LogP contribution < -0.4 is 5.32 Å². The van der Waals surface area contributed by atoms with Gasteiger partial charge in [-0.1, -0.05) is 56.0 Å². The molecule has 0 bridgehead atoms. The minimum atomic E-state index is 0.0648. The summed E-state index contributed by atoms with van der Waals surface area (Å²) in [5.74, 6) is 1.95. The lowest BCUT2D eigenvalue weighted by Gasteiger charge is -2.07. The Kier molecular flexibility index (Phi) is 8.52. The van der Waals surface area contributed by atoms with E-state index in [-0.39, 0.29) is 11.8 Å². The zero-order valence-electron chi connectivity index (χ0n) is 15.0. The van der Waals surface area contributed by atoms with Crippen LogP contribution in [0.2, 0.25) is 0 Å². The van der Waals surface area contributed by atoms with E-state index in [0.717, 1.165) is 29.1 Å². The maximum atomic E-state index is 10.5. The molecule has 1 aromatic heterocycles. The fraction of sp³-hybridized carbons (Fsp3) is 0.286. The number of hydrogen-bond donors (Lipinski definition) is 1. The van der Waals surface area contributed by atoms with Gasteiger partial charge >= 0.3 is 0 Å². The molecule has 0 radical (unpaired) electrons. The Morgan fingerprint density at radius 1 is 1.33 bits per heavy atom. The van der Waals surface area contributed by atoms with Crippen LogP contribution in [0.5, 0.6) is 0 Å². The first-order valence-corrected chi connectivity index (χ1v) is 8.19. The summed E-state index contributed by atoms with van der Waals surface area (Å²) >= 11 is 0. The number of hydrogen-bond acceptors (Lipinski definition) is 3. The second-order valence-electron chi connectivity index (χ2n) is 5.36. The van der Waals surface area contributed by atoms with Gasteiger partial charge in [-0.2, -0.15) is 0 Å². The first-order valence-electron chi connectivity index (χ1n) is 8.19. The number of allylic oxidation sites excluding steroid dienone is 1. The van der Waals surface area contributed by atoms with Crippen LogP contribution in [0, 0.1) is 0 Å². The van der Waals surface area contributed by atoms with Crippen LogP contribution in [0.1, 0.15) is 38.5 Å². The van der Waals surface area contributed by atoms with Gasteiger partial charge in [-0.05, 0) is 39.5 Å². The van der Waals surface area contributed by atoms with E-state index < -0.39 is 0 Å². The highest BCUT2D eigenvalue weighted by molar-refractivity contribution is 5.81. The van der Waals surface area contributed by atoms with Crippen molar-refractivity contribution in [3.8, 4) is 11.3 Å². The van der Waals surface area contributed by atoms with Crippen molar-refractivity contribution < 1.29 is 9.21 Å². The van der Waals surface area contributed by atoms with E-state index in [0.29, 0.717) is 0 Å². The van der Waals surface area contributed by atoms with Crippen LogP contribution in [0.25, 0.3) is 23.5 Å². The molecule has 1 atom stereocenters. The lowest BCUT2D eigenvalue weighted by atomic mass is 10.1. The minimum Gasteiger partial charge on any atom is -0.456 e. The summed E-state index contributed by atoms with van der Waals surface area (Å²) in [7, 11) is 1.80. The van der Waals surface area contributed by atoms with E-state index in [1.165, 1.54) is 0 Å². The summed E-state index contributed by atoms with van der Waals surface area (Å²) in [5, 5.41) is 2.90. The molecule has 0 amide bonds. The van der Waals surface area contributed by atoms with Crippen LogP contribution in [-0.4, -0.2) is 18.9 Å². The van der Waals surface area contributed by atoms with Crippen molar-refractivity contribution in [2.45, 2.75) is 33.2 Å². The van der Waals surface area contributed by atoms with E-state index in [9.17, 15) is 4.79 Å². The number of ketones is 1. The van der Waals surface area contributed by atoms with Gasteiger partial charge in [0, 0.05) is 11.1 Å². The number of carbonyl (C=O) groups is 1. The van der Waals surface area contributed by atoms with Crippen molar-refractivity contribution in [3.05, 3.63) is 60.4 Å². The van der Waals surface area contributed by atoms with Crippen molar-refractivity contribution in [1.29, 1.82) is 0 Å². The van der Waals surface area contributed by atoms with Gasteiger partial charge in [-0.25, -0.2) is 0 Å². The van der Waals surface area contributed by atoms with Crippen molar-refractivity contribution in [2.24, 2.45) is 0 Å². The first-order chi connectivity index (χ1) is 11.6. The maximum absolute atomic E-state index is 10.5. The van der Waals surface area contributed by atoms with Crippen molar-refractivity contribution >= 4 is 17.9 Å². The Morgan fingerprint density at radius 2 is 2.00 bits per heavy atom. The molecule has 1 aromatic carbocycles. The quantitative estimate of drug-likeness (QED) is 0.794. The van der Waals surface area contributed by atoms with Crippen molar-refractivity contribution in [1.82, 2.24) is 5.32 Å². The van der Waals surface area contributed by atoms with E-state index >= 15 is 0 Å². The minimum absolute atomic E-state index is 0.0648. The van der Waals surface area contributed by atoms with E-state index in [2.05, 4.69) is 11.9 Å². The largest absolute Gasteiger partial charge is 0.456 e. The highest BCUT2D eigenvalue weighted by Crippen LogP contribution is 2.27. The second-order valence-corrected chi connectivity index (χ2v) is 5.36. The summed E-state index contributed by atoms with van der Waals surface area (Å²) in [6, 6.07) is 12.1. The molecule has 0 spiro atoms. The SMILES string of the molecule is C=Cc1cc(-c2ccccc2)oc1/C=C\C.CC[C@H](NC)C(C)=O.